The summed E-state index contributed by atoms with van der Waals surface area (Å²) in [6.07, 6.45) is 1.06. The van der Waals surface area contributed by atoms with Gasteiger partial charge in [-0.2, -0.15) is 0 Å². The summed E-state index contributed by atoms with van der Waals surface area (Å²) in [7, 11) is 2.18. The zero-order valence-corrected chi connectivity index (χ0v) is 15.1. The largest absolute Gasteiger partial charge is 0.475 e. The summed E-state index contributed by atoms with van der Waals surface area (Å²) in [6, 6.07) is 14.8. The van der Waals surface area contributed by atoms with Crippen LogP contribution in [0.4, 0.5) is 0 Å². The monoisotopic (exact) mass is 352 g/mol. The second-order valence-corrected chi connectivity index (χ2v) is 7.35. The second-order valence-electron chi connectivity index (χ2n) is 7.35. The van der Waals surface area contributed by atoms with Crippen LogP contribution in [0.1, 0.15) is 23.5 Å². The fourth-order valence-electron chi connectivity index (χ4n) is 4.17. The Labute approximate surface area is 154 Å². The SMILES string of the molecule is CN1CCN([C@H]2C[C@@H](c3ccccc3)c3cc4c(cc3O2)OCO4)CC1. The van der Waals surface area contributed by atoms with E-state index >= 15 is 0 Å². The van der Waals surface area contributed by atoms with Crippen molar-refractivity contribution in [2.75, 3.05) is 40.0 Å². The highest BCUT2D eigenvalue weighted by Gasteiger charge is 2.35. The maximum absolute atomic E-state index is 6.46. The number of likely N-dealkylation sites (N-methyl/N-ethyl adjacent to an activating group) is 1. The number of piperazine rings is 1. The smallest absolute Gasteiger partial charge is 0.231 e. The Kier molecular flexibility index (Phi) is 3.98. The average molecular weight is 352 g/mol. The highest BCUT2D eigenvalue weighted by atomic mass is 16.7. The molecule has 1 fully saturated rings. The maximum Gasteiger partial charge on any atom is 0.231 e. The first-order valence-corrected chi connectivity index (χ1v) is 9.35. The van der Waals surface area contributed by atoms with Gasteiger partial charge in [-0.3, -0.25) is 4.90 Å². The molecule has 136 valence electrons. The molecular formula is C21H24N2O3. The summed E-state index contributed by atoms with van der Waals surface area (Å²) in [5.41, 5.74) is 2.53. The summed E-state index contributed by atoms with van der Waals surface area (Å²) < 4.78 is 17.6. The van der Waals surface area contributed by atoms with E-state index in [4.69, 9.17) is 14.2 Å². The van der Waals surface area contributed by atoms with Gasteiger partial charge in [-0.05, 0) is 18.7 Å². The molecule has 0 saturated carbocycles. The topological polar surface area (TPSA) is 34.2 Å². The minimum atomic E-state index is 0.0989. The number of benzene rings is 2. The summed E-state index contributed by atoms with van der Waals surface area (Å²) in [6.45, 7) is 4.55. The number of hydrogen-bond acceptors (Lipinski definition) is 5. The summed E-state index contributed by atoms with van der Waals surface area (Å²) in [5.74, 6) is 2.85. The molecule has 3 aliphatic rings. The van der Waals surface area contributed by atoms with E-state index in [-0.39, 0.29) is 13.0 Å². The minimum Gasteiger partial charge on any atom is -0.475 e. The Morgan fingerprint density at radius 1 is 0.885 bits per heavy atom. The van der Waals surface area contributed by atoms with E-state index in [1.165, 1.54) is 11.1 Å². The molecule has 5 nitrogen and oxygen atoms in total. The van der Waals surface area contributed by atoms with Crippen molar-refractivity contribution in [2.45, 2.75) is 18.6 Å². The molecule has 0 N–H and O–H groups in total. The van der Waals surface area contributed by atoms with Gasteiger partial charge in [0.05, 0.1) is 0 Å². The van der Waals surface area contributed by atoms with Crippen LogP contribution in [0.5, 0.6) is 17.2 Å². The lowest BCUT2D eigenvalue weighted by Gasteiger charge is -2.42. The van der Waals surface area contributed by atoms with Crippen LogP contribution < -0.4 is 14.2 Å². The predicted molar refractivity (Wildman–Crippen MR) is 99.0 cm³/mol. The van der Waals surface area contributed by atoms with Crippen molar-refractivity contribution < 1.29 is 14.2 Å². The molecule has 0 aromatic heterocycles. The molecule has 0 spiro atoms. The van der Waals surface area contributed by atoms with Crippen LogP contribution in [0.25, 0.3) is 0 Å². The van der Waals surface area contributed by atoms with E-state index < -0.39 is 0 Å². The first-order chi connectivity index (χ1) is 12.8. The normalized spacial score (nSPS) is 25.6. The van der Waals surface area contributed by atoms with E-state index in [9.17, 15) is 0 Å². The second kappa shape index (κ2) is 6.49. The molecule has 0 aliphatic carbocycles. The van der Waals surface area contributed by atoms with Crippen molar-refractivity contribution in [2.24, 2.45) is 0 Å². The third kappa shape index (κ3) is 2.81. The van der Waals surface area contributed by atoms with Crippen LogP contribution in [0, 0.1) is 0 Å². The lowest BCUT2D eigenvalue weighted by atomic mass is 9.85. The molecule has 0 amide bonds. The zero-order valence-electron chi connectivity index (χ0n) is 15.1. The van der Waals surface area contributed by atoms with E-state index in [0.717, 1.165) is 49.8 Å². The average Bonchev–Trinajstić information content (AvgIpc) is 3.14. The van der Waals surface area contributed by atoms with Gasteiger partial charge >= 0.3 is 0 Å². The first-order valence-electron chi connectivity index (χ1n) is 9.35. The first kappa shape index (κ1) is 16.0. The van der Waals surface area contributed by atoms with Crippen LogP contribution in [0.3, 0.4) is 0 Å². The summed E-state index contributed by atoms with van der Waals surface area (Å²) in [4.78, 5) is 4.85. The third-order valence-corrected chi connectivity index (χ3v) is 5.73. The van der Waals surface area contributed by atoms with Crippen LogP contribution in [0.15, 0.2) is 42.5 Å². The lowest BCUT2D eigenvalue weighted by molar-refractivity contribution is -0.0190. The number of ether oxygens (including phenoxy) is 3. The van der Waals surface area contributed by atoms with E-state index in [2.05, 4.69) is 53.2 Å². The molecule has 1 saturated heterocycles. The van der Waals surface area contributed by atoms with Crippen LogP contribution in [0.2, 0.25) is 0 Å². The minimum absolute atomic E-state index is 0.0989. The highest BCUT2D eigenvalue weighted by molar-refractivity contribution is 5.55. The Bertz CT molecular complexity index is 787. The van der Waals surface area contributed by atoms with Crippen LogP contribution >= 0.6 is 0 Å². The highest BCUT2D eigenvalue weighted by Crippen LogP contribution is 2.47. The van der Waals surface area contributed by atoms with E-state index in [1.807, 2.05) is 6.07 Å². The Morgan fingerprint density at radius 2 is 1.62 bits per heavy atom. The maximum atomic E-state index is 6.46. The molecule has 5 rings (SSSR count). The van der Waals surface area contributed by atoms with Crippen molar-refractivity contribution in [1.29, 1.82) is 0 Å². The van der Waals surface area contributed by atoms with Gasteiger partial charge in [0.25, 0.3) is 0 Å². The molecule has 5 heteroatoms. The molecule has 0 radical (unpaired) electrons. The van der Waals surface area contributed by atoms with Crippen molar-refractivity contribution in [1.82, 2.24) is 9.80 Å². The van der Waals surface area contributed by atoms with Gasteiger partial charge in [0.15, 0.2) is 17.7 Å². The molecular weight excluding hydrogens is 328 g/mol. The number of hydrogen-bond donors (Lipinski definition) is 0. The molecule has 3 heterocycles. The molecule has 0 unspecified atom stereocenters. The van der Waals surface area contributed by atoms with Crippen LogP contribution in [-0.2, 0) is 0 Å². The number of rotatable bonds is 2. The Morgan fingerprint density at radius 3 is 2.38 bits per heavy atom. The third-order valence-electron chi connectivity index (χ3n) is 5.73. The van der Waals surface area contributed by atoms with Crippen molar-refractivity contribution in [3.63, 3.8) is 0 Å². The molecule has 26 heavy (non-hydrogen) atoms. The molecule has 0 bridgehead atoms. The van der Waals surface area contributed by atoms with Gasteiger partial charge < -0.3 is 19.1 Å². The molecule has 3 aliphatic heterocycles. The van der Waals surface area contributed by atoms with Gasteiger partial charge in [-0.15, -0.1) is 0 Å². The zero-order chi connectivity index (χ0) is 17.5. The molecule has 2 aromatic rings. The van der Waals surface area contributed by atoms with Crippen molar-refractivity contribution in [3.05, 3.63) is 53.6 Å². The van der Waals surface area contributed by atoms with Gasteiger partial charge in [0, 0.05) is 50.1 Å². The quantitative estimate of drug-likeness (QED) is 0.830. The summed E-state index contributed by atoms with van der Waals surface area (Å²) in [5, 5.41) is 0. The van der Waals surface area contributed by atoms with Gasteiger partial charge in [0.1, 0.15) is 5.75 Å². The van der Waals surface area contributed by atoms with E-state index in [0.29, 0.717) is 5.92 Å². The predicted octanol–water partition coefficient (Wildman–Crippen LogP) is 2.90. The fraction of sp³-hybridized carbons (Fsp3) is 0.429. The lowest BCUT2D eigenvalue weighted by Crippen LogP contribution is -2.52. The Balaban J connectivity index is 1.51. The Hall–Kier alpha value is -2.24. The molecule has 2 aromatic carbocycles. The van der Waals surface area contributed by atoms with Gasteiger partial charge in [0.2, 0.25) is 6.79 Å². The van der Waals surface area contributed by atoms with Crippen LogP contribution in [-0.4, -0.2) is 56.0 Å². The molecule has 2 atom stereocenters. The van der Waals surface area contributed by atoms with E-state index in [1.54, 1.807) is 0 Å². The number of fused-ring (bicyclic) bond motifs is 2. The van der Waals surface area contributed by atoms with Gasteiger partial charge in [-0.1, -0.05) is 30.3 Å². The standard InChI is InChI=1S/C21H24N2O3/c1-22-7-9-23(10-8-22)21-12-16(15-5-3-2-4-6-15)17-11-19-20(25-14-24-19)13-18(17)26-21/h2-6,11,13,16,21H,7-10,12,14H2,1H3/t16-,21+/m0/s1. The summed E-state index contributed by atoms with van der Waals surface area (Å²) >= 11 is 0. The van der Waals surface area contributed by atoms with Crippen molar-refractivity contribution >= 4 is 0 Å². The number of nitrogens with zero attached hydrogens (tertiary/aromatic N) is 2. The fourth-order valence-corrected chi connectivity index (χ4v) is 4.17. The van der Waals surface area contributed by atoms with Crippen molar-refractivity contribution in [3.8, 4) is 17.2 Å². The van der Waals surface area contributed by atoms with Gasteiger partial charge in [-0.25, -0.2) is 0 Å².